The van der Waals surface area contributed by atoms with Crippen molar-refractivity contribution in [1.29, 1.82) is 0 Å². The molecule has 3 nitrogen and oxygen atoms in total. The van der Waals surface area contributed by atoms with Gasteiger partial charge in [-0.2, -0.15) is 0 Å². The van der Waals surface area contributed by atoms with E-state index < -0.39 is 0 Å². The molecule has 1 aromatic carbocycles. The number of rotatable bonds is 3. The lowest BCUT2D eigenvalue weighted by Crippen LogP contribution is -2.00. The predicted molar refractivity (Wildman–Crippen MR) is 52.5 cm³/mol. The van der Waals surface area contributed by atoms with Crippen molar-refractivity contribution in [2.45, 2.75) is 0 Å². The molecule has 65 valence electrons. The molecule has 0 atom stereocenters. The molecule has 3 heteroatoms. The molecule has 0 aliphatic heterocycles. The molecule has 0 fully saturated rings. The summed E-state index contributed by atoms with van der Waals surface area (Å²) >= 11 is 0. The molecule has 1 heterocycles. The molecule has 0 saturated carbocycles. The van der Waals surface area contributed by atoms with Crippen molar-refractivity contribution < 1.29 is 4.79 Å². The maximum atomic E-state index is 10.0. The summed E-state index contributed by atoms with van der Waals surface area (Å²) in [4.78, 5) is 13.1. The number of aromatic nitrogens is 1. The minimum atomic E-state index is 0.224. The van der Waals surface area contributed by atoms with Crippen LogP contribution < -0.4 is 5.32 Å². The standard InChI is InChI=1S/C10H9N2O/c13-6-5-11-10-7-12-9-4-2-1-3-8(9)10/h1-4,7,11-12H,5H2. The average molecular weight is 173 g/mol. The Morgan fingerprint density at radius 3 is 3.08 bits per heavy atom. The van der Waals surface area contributed by atoms with E-state index in [4.69, 9.17) is 0 Å². The number of nitrogens with one attached hydrogen (secondary N) is 2. The third kappa shape index (κ3) is 1.40. The number of hydrogen-bond donors (Lipinski definition) is 2. The Balaban J connectivity index is 2.40. The van der Waals surface area contributed by atoms with Gasteiger partial charge >= 0.3 is 0 Å². The molecular weight excluding hydrogens is 164 g/mol. The summed E-state index contributed by atoms with van der Waals surface area (Å²) in [6, 6.07) is 7.92. The predicted octanol–water partition coefficient (Wildman–Crippen LogP) is 1.69. The second-order valence-electron chi connectivity index (χ2n) is 2.75. The van der Waals surface area contributed by atoms with E-state index in [1.807, 2.05) is 30.5 Å². The molecule has 0 unspecified atom stereocenters. The highest BCUT2D eigenvalue weighted by atomic mass is 16.1. The monoisotopic (exact) mass is 173 g/mol. The molecule has 0 spiro atoms. The first-order chi connectivity index (χ1) is 6.42. The Hall–Kier alpha value is -1.77. The van der Waals surface area contributed by atoms with Crippen molar-refractivity contribution in [3.8, 4) is 0 Å². The molecule has 2 N–H and O–H groups in total. The van der Waals surface area contributed by atoms with Crippen molar-refractivity contribution in [2.24, 2.45) is 0 Å². The van der Waals surface area contributed by atoms with Crippen LogP contribution in [0, 0.1) is 0 Å². The van der Waals surface area contributed by atoms with E-state index in [2.05, 4.69) is 10.3 Å². The number of fused-ring (bicyclic) bond motifs is 1. The molecule has 1 aromatic heterocycles. The van der Waals surface area contributed by atoms with Crippen LogP contribution in [0.2, 0.25) is 0 Å². The highest BCUT2D eigenvalue weighted by molar-refractivity contribution is 5.92. The zero-order valence-corrected chi connectivity index (χ0v) is 7.00. The first-order valence-electron chi connectivity index (χ1n) is 4.07. The van der Waals surface area contributed by atoms with E-state index >= 15 is 0 Å². The smallest absolute Gasteiger partial charge is 0.219 e. The van der Waals surface area contributed by atoms with E-state index in [0.29, 0.717) is 0 Å². The molecule has 0 bridgehead atoms. The van der Waals surface area contributed by atoms with Gasteiger partial charge in [0.1, 0.15) is 0 Å². The summed E-state index contributed by atoms with van der Waals surface area (Å²) in [5.41, 5.74) is 2.01. The lowest BCUT2D eigenvalue weighted by molar-refractivity contribution is 0.557. The summed E-state index contributed by atoms with van der Waals surface area (Å²) < 4.78 is 0. The lowest BCUT2D eigenvalue weighted by atomic mass is 10.2. The molecule has 0 aliphatic rings. The van der Waals surface area contributed by atoms with Crippen LogP contribution in [0.1, 0.15) is 0 Å². The number of H-pyrrole nitrogens is 1. The van der Waals surface area contributed by atoms with Crippen molar-refractivity contribution >= 4 is 22.9 Å². The quantitative estimate of drug-likeness (QED) is 0.741. The van der Waals surface area contributed by atoms with Gasteiger partial charge in [-0.05, 0) is 6.07 Å². The second kappa shape index (κ2) is 3.31. The minimum Gasteiger partial charge on any atom is -0.376 e. The van der Waals surface area contributed by atoms with Crippen LogP contribution in [0.3, 0.4) is 0 Å². The minimum absolute atomic E-state index is 0.224. The van der Waals surface area contributed by atoms with Crippen LogP contribution in [0.25, 0.3) is 10.9 Å². The van der Waals surface area contributed by atoms with Gasteiger partial charge in [0.2, 0.25) is 6.29 Å². The maximum Gasteiger partial charge on any atom is 0.219 e. The fraction of sp³-hybridized carbons (Fsp3) is 0.100. The SMILES string of the molecule is O=[C]CNc1c[nH]c2ccccc12. The van der Waals surface area contributed by atoms with E-state index in [0.717, 1.165) is 16.6 Å². The summed E-state index contributed by atoms with van der Waals surface area (Å²) in [7, 11) is 0. The lowest BCUT2D eigenvalue weighted by Gasteiger charge is -1.97. The van der Waals surface area contributed by atoms with Crippen molar-refractivity contribution in [3.63, 3.8) is 0 Å². The molecule has 1 radical (unpaired) electrons. The number of carbonyl (C=O) groups excluding carboxylic acids is 1. The van der Waals surface area contributed by atoms with Gasteiger partial charge in [0.25, 0.3) is 0 Å². The van der Waals surface area contributed by atoms with Gasteiger partial charge in [0, 0.05) is 17.1 Å². The van der Waals surface area contributed by atoms with E-state index in [-0.39, 0.29) is 6.54 Å². The Kier molecular flexibility index (Phi) is 2.00. The van der Waals surface area contributed by atoms with E-state index in [1.165, 1.54) is 0 Å². The normalized spacial score (nSPS) is 10.2. The number of benzene rings is 1. The Morgan fingerprint density at radius 2 is 2.23 bits per heavy atom. The molecule has 0 amide bonds. The number of hydrogen-bond acceptors (Lipinski definition) is 2. The second-order valence-corrected chi connectivity index (χ2v) is 2.75. The van der Waals surface area contributed by atoms with Gasteiger partial charge in [0.15, 0.2) is 0 Å². The fourth-order valence-corrected chi connectivity index (χ4v) is 1.35. The maximum absolute atomic E-state index is 10.0. The van der Waals surface area contributed by atoms with Gasteiger partial charge in [0.05, 0.1) is 12.2 Å². The van der Waals surface area contributed by atoms with Crippen molar-refractivity contribution in [1.82, 2.24) is 4.98 Å². The molecule has 2 rings (SSSR count). The molecule has 0 aliphatic carbocycles. The number of aromatic amines is 1. The number of para-hydroxylation sites is 1. The zero-order chi connectivity index (χ0) is 9.10. The molecule has 0 saturated heterocycles. The highest BCUT2D eigenvalue weighted by Gasteiger charge is 2.00. The third-order valence-corrected chi connectivity index (χ3v) is 1.94. The third-order valence-electron chi connectivity index (χ3n) is 1.94. The zero-order valence-electron chi connectivity index (χ0n) is 7.00. The fourth-order valence-electron chi connectivity index (χ4n) is 1.35. The molecule has 2 aromatic rings. The Morgan fingerprint density at radius 1 is 1.38 bits per heavy atom. The Bertz CT molecular complexity index is 420. The van der Waals surface area contributed by atoms with Crippen LogP contribution in [-0.4, -0.2) is 17.8 Å². The summed E-state index contributed by atoms with van der Waals surface area (Å²) in [6.07, 6.45) is 3.64. The summed E-state index contributed by atoms with van der Waals surface area (Å²) in [5, 5.41) is 4.06. The van der Waals surface area contributed by atoms with E-state index in [1.54, 1.807) is 6.29 Å². The van der Waals surface area contributed by atoms with Crippen LogP contribution in [0.4, 0.5) is 5.69 Å². The van der Waals surface area contributed by atoms with Gasteiger partial charge in [-0.15, -0.1) is 0 Å². The van der Waals surface area contributed by atoms with Crippen molar-refractivity contribution in [2.75, 3.05) is 11.9 Å². The topological polar surface area (TPSA) is 44.9 Å². The van der Waals surface area contributed by atoms with E-state index in [9.17, 15) is 4.79 Å². The Labute approximate surface area is 75.8 Å². The molecular formula is C10H9N2O. The number of anilines is 1. The van der Waals surface area contributed by atoms with Crippen LogP contribution in [-0.2, 0) is 4.79 Å². The largest absolute Gasteiger partial charge is 0.376 e. The van der Waals surface area contributed by atoms with Gasteiger partial charge in [-0.1, -0.05) is 18.2 Å². The van der Waals surface area contributed by atoms with Crippen LogP contribution in [0.15, 0.2) is 30.5 Å². The van der Waals surface area contributed by atoms with Crippen molar-refractivity contribution in [3.05, 3.63) is 30.5 Å². The van der Waals surface area contributed by atoms with Crippen LogP contribution in [0.5, 0.6) is 0 Å². The first-order valence-corrected chi connectivity index (χ1v) is 4.07. The first kappa shape index (κ1) is 7.86. The molecule has 13 heavy (non-hydrogen) atoms. The van der Waals surface area contributed by atoms with Gasteiger partial charge < -0.3 is 10.3 Å². The average Bonchev–Trinajstić information content (AvgIpc) is 2.58. The van der Waals surface area contributed by atoms with Crippen LogP contribution >= 0.6 is 0 Å². The summed E-state index contributed by atoms with van der Waals surface area (Å²) in [5.74, 6) is 0. The summed E-state index contributed by atoms with van der Waals surface area (Å²) in [6.45, 7) is 0.224. The van der Waals surface area contributed by atoms with Gasteiger partial charge in [-0.3, -0.25) is 4.79 Å². The van der Waals surface area contributed by atoms with Gasteiger partial charge in [-0.25, -0.2) is 0 Å². The highest BCUT2D eigenvalue weighted by Crippen LogP contribution is 2.21.